The monoisotopic (exact) mass is 171 g/mol. The molecule has 1 heterocycles. The van der Waals surface area contributed by atoms with Crippen LogP contribution in [0.4, 0.5) is 0 Å². The fourth-order valence-electron chi connectivity index (χ4n) is 1.68. The first-order valence-electron chi connectivity index (χ1n) is 4.00. The van der Waals surface area contributed by atoms with Crippen LogP contribution in [0.25, 0.3) is 0 Å². The maximum Gasteiger partial charge on any atom is 0.159 e. The van der Waals surface area contributed by atoms with Crippen LogP contribution in [0.15, 0.2) is 11.9 Å². The molecule has 0 aliphatic carbocycles. The van der Waals surface area contributed by atoms with Crippen molar-refractivity contribution in [2.45, 2.75) is 6.29 Å². The summed E-state index contributed by atoms with van der Waals surface area (Å²) < 4.78 is 0. The normalized spacial score (nSPS) is 23.8. The Hall–Kier alpha value is -0.740. The van der Waals surface area contributed by atoms with E-state index in [9.17, 15) is 0 Å². The quantitative estimate of drug-likeness (QED) is 0.609. The van der Waals surface area contributed by atoms with Crippen molar-refractivity contribution in [2.24, 2.45) is 0 Å². The maximum atomic E-state index is 9.00. The van der Waals surface area contributed by atoms with E-state index in [2.05, 4.69) is 14.7 Å². The molecule has 12 heavy (non-hydrogen) atoms. The van der Waals surface area contributed by atoms with Crippen molar-refractivity contribution in [1.82, 2.24) is 14.7 Å². The number of likely N-dealkylation sites (N-methyl/N-ethyl adjacent to an activating group) is 1. The Bertz CT molecular complexity index is 191. The highest BCUT2D eigenvalue weighted by Gasteiger charge is 2.27. The van der Waals surface area contributed by atoms with Crippen molar-refractivity contribution in [3.05, 3.63) is 11.9 Å². The molecule has 1 atom stereocenters. The van der Waals surface area contributed by atoms with Crippen molar-refractivity contribution in [2.75, 3.05) is 34.8 Å². The van der Waals surface area contributed by atoms with Crippen LogP contribution >= 0.6 is 0 Å². The van der Waals surface area contributed by atoms with E-state index in [4.69, 9.17) is 5.11 Å². The Morgan fingerprint density at radius 1 is 1.50 bits per heavy atom. The van der Waals surface area contributed by atoms with Gasteiger partial charge in [-0.25, -0.2) is 0 Å². The van der Waals surface area contributed by atoms with Gasteiger partial charge in [-0.15, -0.1) is 0 Å². The molecule has 1 unspecified atom stereocenters. The number of rotatable bonds is 2. The Morgan fingerprint density at radius 3 is 2.33 bits per heavy atom. The fourth-order valence-corrected chi connectivity index (χ4v) is 1.68. The lowest BCUT2D eigenvalue weighted by molar-refractivity contribution is 0.0490. The van der Waals surface area contributed by atoms with Gasteiger partial charge in [-0.1, -0.05) is 0 Å². The summed E-state index contributed by atoms with van der Waals surface area (Å²) in [6.07, 6.45) is 2.19. The van der Waals surface area contributed by atoms with E-state index in [1.54, 1.807) is 0 Å². The summed E-state index contributed by atoms with van der Waals surface area (Å²) in [4.78, 5) is 6.23. The third kappa shape index (κ3) is 1.40. The molecule has 0 aromatic heterocycles. The van der Waals surface area contributed by atoms with E-state index in [0.29, 0.717) is 0 Å². The molecule has 1 aliphatic heterocycles. The van der Waals surface area contributed by atoms with Gasteiger partial charge in [0.15, 0.2) is 6.29 Å². The highest BCUT2D eigenvalue weighted by atomic mass is 16.3. The van der Waals surface area contributed by atoms with Crippen molar-refractivity contribution < 1.29 is 5.11 Å². The predicted octanol–water partition coefficient (Wildman–Crippen LogP) is -0.457. The minimum Gasteiger partial charge on any atom is -0.390 e. The second-order valence-electron chi connectivity index (χ2n) is 3.36. The smallest absolute Gasteiger partial charge is 0.159 e. The first-order valence-corrected chi connectivity index (χ1v) is 4.00. The average molecular weight is 171 g/mol. The zero-order valence-corrected chi connectivity index (χ0v) is 8.15. The molecule has 1 rings (SSSR count). The molecule has 1 aliphatic rings. The van der Waals surface area contributed by atoms with E-state index < -0.39 is 0 Å². The minimum atomic E-state index is 0.102. The minimum absolute atomic E-state index is 0.102. The SMILES string of the molecule is CN(C)C1N(C)C=C(CO)N1C. The first-order chi connectivity index (χ1) is 5.57. The van der Waals surface area contributed by atoms with Gasteiger partial charge in [-0.2, -0.15) is 0 Å². The second-order valence-corrected chi connectivity index (χ2v) is 3.36. The van der Waals surface area contributed by atoms with Crippen LogP contribution < -0.4 is 0 Å². The average Bonchev–Trinajstić information content (AvgIpc) is 2.25. The second kappa shape index (κ2) is 3.33. The van der Waals surface area contributed by atoms with Gasteiger partial charge < -0.3 is 14.9 Å². The van der Waals surface area contributed by atoms with E-state index >= 15 is 0 Å². The summed E-state index contributed by atoms with van der Waals surface area (Å²) in [6, 6.07) is 0. The van der Waals surface area contributed by atoms with Gasteiger partial charge >= 0.3 is 0 Å². The van der Waals surface area contributed by atoms with Gasteiger partial charge in [0.2, 0.25) is 0 Å². The first kappa shape index (κ1) is 9.35. The highest BCUT2D eigenvalue weighted by Crippen LogP contribution is 2.19. The molecule has 0 bridgehead atoms. The molecule has 4 nitrogen and oxygen atoms in total. The molecule has 4 heteroatoms. The zero-order valence-electron chi connectivity index (χ0n) is 8.15. The molecular formula is C8H17N3O. The Balaban J connectivity index is 2.73. The summed E-state index contributed by atoms with van der Waals surface area (Å²) in [5.41, 5.74) is 0.955. The van der Waals surface area contributed by atoms with E-state index in [1.165, 1.54) is 0 Å². The third-order valence-electron chi connectivity index (χ3n) is 2.14. The molecule has 0 saturated carbocycles. The molecule has 0 fully saturated rings. The lowest BCUT2D eigenvalue weighted by Gasteiger charge is -2.34. The van der Waals surface area contributed by atoms with Crippen LogP contribution in [0, 0.1) is 0 Å². The summed E-state index contributed by atoms with van der Waals surface area (Å²) >= 11 is 0. The molecular weight excluding hydrogens is 154 g/mol. The Kier molecular flexibility index (Phi) is 2.59. The molecule has 1 N–H and O–H groups in total. The summed E-state index contributed by atoms with van der Waals surface area (Å²) in [5, 5.41) is 9.00. The summed E-state index contributed by atoms with van der Waals surface area (Å²) in [7, 11) is 8.03. The number of hydrogen-bond acceptors (Lipinski definition) is 4. The van der Waals surface area contributed by atoms with Gasteiger partial charge in [-0.3, -0.25) is 4.90 Å². The molecule has 0 saturated heterocycles. The van der Waals surface area contributed by atoms with E-state index in [-0.39, 0.29) is 12.9 Å². The maximum absolute atomic E-state index is 9.00. The van der Waals surface area contributed by atoms with Gasteiger partial charge in [-0.05, 0) is 14.1 Å². The molecule has 0 spiro atoms. The van der Waals surface area contributed by atoms with Crippen molar-refractivity contribution in [1.29, 1.82) is 0 Å². The number of nitrogens with zero attached hydrogens (tertiary/aromatic N) is 3. The Labute approximate surface area is 73.7 Å². The van der Waals surface area contributed by atoms with Gasteiger partial charge in [0, 0.05) is 20.3 Å². The van der Waals surface area contributed by atoms with Crippen LogP contribution in [0.3, 0.4) is 0 Å². The van der Waals surface area contributed by atoms with Crippen LogP contribution in [0.2, 0.25) is 0 Å². The van der Waals surface area contributed by atoms with E-state index in [1.807, 2.05) is 34.4 Å². The number of aliphatic hydroxyl groups is 1. The topological polar surface area (TPSA) is 30.0 Å². The highest BCUT2D eigenvalue weighted by molar-refractivity contribution is 5.07. The lowest BCUT2D eigenvalue weighted by atomic mass is 10.5. The van der Waals surface area contributed by atoms with Gasteiger partial charge in [0.25, 0.3) is 0 Å². The standard InChI is InChI=1S/C8H17N3O/c1-9(2)8-10(3)5-7(6-12)11(8)4/h5,8,12H,6H2,1-4H3. The van der Waals surface area contributed by atoms with Crippen LogP contribution in [0.1, 0.15) is 0 Å². The van der Waals surface area contributed by atoms with E-state index in [0.717, 1.165) is 5.70 Å². The summed E-state index contributed by atoms with van der Waals surface area (Å²) in [6.45, 7) is 0.102. The van der Waals surface area contributed by atoms with Crippen LogP contribution in [-0.2, 0) is 0 Å². The molecule has 0 amide bonds. The lowest BCUT2D eigenvalue weighted by Crippen LogP contribution is -2.46. The van der Waals surface area contributed by atoms with Gasteiger partial charge in [0.1, 0.15) is 0 Å². The predicted molar refractivity (Wildman–Crippen MR) is 48.2 cm³/mol. The number of aliphatic hydroxyl groups excluding tert-OH is 1. The van der Waals surface area contributed by atoms with Crippen LogP contribution in [-0.4, -0.2) is 60.9 Å². The van der Waals surface area contributed by atoms with Crippen molar-refractivity contribution in [3.8, 4) is 0 Å². The van der Waals surface area contributed by atoms with Crippen molar-refractivity contribution >= 4 is 0 Å². The Morgan fingerprint density at radius 2 is 2.08 bits per heavy atom. The van der Waals surface area contributed by atoms with Crippen molar-refractivity contribution in [3.63, 3.8) is 0 Å². The summed E-state index contributed by atoms with van der Waals surface area (Å²) in [5.74, 6) is 0. The number of hydrogen-bond donors (Lipinski definition) is 1. The molecule has 70 valence electrons. The zero-order chi connectivity index (χ0) is 9.30. The molecule has 0 aromatic rings. The van der Waals surface area contributed by atoms with Gasteiger partial charge in [0.05, 0.1) is 12.3 Å². The fraction of sp³-hybridized carbons (Fsp3) is 0.750. The third-order valence-corrected chi connectivity index (χ3v) is 2.14. The van der Waals surface area contributed by atoms with Crippen LogP contribution in [0.5, 0.6) is 0 Å². The molecule has 0 radical (unpaired) electrons. The largest absolute Gasteiger partial charge is 0.390 e. The molecule has 0 aromatic carbocycles.